The molecule has 0 aliphatic rings. The standard InChI is InChI=1S/C7H10N2O.ClH/c1-3-6-10-7-8-4-5-9(7)2;/h3-5H,1,6H2,2H3;1H. The minimum Gasteiger partial charge on any atom is -1.00 e. The number of imidazole rings is 1. The zero-order chi connectivity index (χ0) is 7.40. The van der Waals surface area contributed by atoms with E-state index in [1.165, 1.54) is 0 Å². The van der Waals surface area contributed by atoms with Crippen LogP contribution in [0.3, 0.4) is 0 Å². The van der Waals surface area contributed by atoms with Crippen LogP contribution in [0.2, 0.25) is 0 Å². The molecule has 0 bridgehead atoms. The molecular weight excluding hydrogens is 164 g/mol. The fourth-order valence-corrected chi connectivity index (χ4v) is 0.671. The van der Waals surface area contributed by atoms with Gasteiger partial charge in [0.15, 0.2) is 0 Å². The van der Waals surface area contributed by atoms with Crippen LogP contribution < -0.4 is 21.7 Å². The number of H-pyrrole nitrogens is 1. The molecule has 1 aromatic rings. The average Bonchev–Trinajstić information content (AvgIpc) is 2.31. The summed E-state index contributed by atoms with van der Waals surface area (Å²) in [4.78, 5) is 2.93. The maximum atomic E-state index is 5.22. The van der Waals surface area contributed by atoms with E-state index in [0.29, 0.717) is 6.61 Å². The molecular formula is C7H11ClN2O. The zero-order valence-electron chi connectivity index (χ0n) is 6.38. The lowest BCUT2D eigenvalue weighted by Gasteiger charge is -1.93. The van der Waals surface area contributed by atoms with Gasteiger partial charge in [0.05, 0.1) is 7.05 Å². The first-order chi connectivity index (χ1) is 4.84. The Kier molecular flexibility index (Phi) is 4.38. The highest BCUT2D eigenvalue weighted by molar-refractivity contribution is 4.83. The molecule has 4 heteroatoms. The van der Waals surface area contributed by atoms with Crippen LogP contribution in [0.25, 0.3) is 0 Å². The molecule has 3 nitrogen and oxygen atoms in total. The fraction of sp³-hybridized carbons (Fsp3) is 0.286. The number of halogens is 1. The van der Waals surface area contributed by atoms with Crippen LogP contribution in [0.4, 0.5) is 0 Å². The first-order valence-electron chi connectivity index (χ1n) is 3.11. The Balaban J connectivity index is 0.000001000. The van der Waals surface area contributed by atoms with Gasteiger partial charge >= 0.3 is 6.01 Å². The number of ether oxygens (including phenoxy) is 1. The lowest BCUT2D eigenvalue weighted by atomic mass is 10.7. The van der Waals surface area contributed by atoms with Crippen LogP contribution in [0, 0.1) is 0 Å². The van der Waals surface area contributed by atoms with Crippen LogP contribution in [-0.4, -0.2) is 11.6 Å². The van der Waals surface area contributed by atoms with Crippen molar-refractivity contribution in [1.29, 1.82) is 0 Å². The Morgan fingerprint density at radius 3 is 3.00 bits per heavy atom. The topological polar surface area (TPSA) is 28.9 Å². The van der Waals surface area contributed by atoms with Gasteiger partial charge in [0.25, 0.3) is 0 Å². The molecule has 0 radical (unpaired) electrons. The van der Waals surface area contributed by atoms with Crippen molar-refractivity contribution >= 4 is 0 Å². The first-order valence-corrected chi connectivity index (χ1v) is 3.11. The lowest BCUT2D eigenvalue weighted by molar-refractivity contribution is -0.675. The Bertz CT molecular complexity index is 222. The fourth-order valence-electron chi connectivity index (χ4n) is 0.671. The second-order valence-electron chi connectivity index (χ2n) is 1.98. The van der Waals surface area contributed by atoms with Gasteiger partial charge < -0.3 is 17.1 Å². The first kappa shape index (κ1) is 10.0. The third-order valence-corrected chi connectivity index (χ3v) is 1.16. The number of nitrogens with zero attached hydrogens (tertiary/aromatic N) is 1. The number of rotatable bonds is 3. The Hall–Kier alpha value is -0.960. The van der Waals surface area contributed by atoms with Gasteiger partial charge in [-0.25, -0.2) is 9.55 Å². The molecule has 0 aliphatic heterocycles. The van der Waals surface area contributed by atoms with Crippen LogP contribution in [-0.2, 0) is 7.05 Å². The maximum absolute atomic E-state index is 5.22. The molecule has 0 spiro atoms. The minimum atomic E-state index is 0. The van der Waals surface area contributed by atoms with E-state index in [1.54, 1.807) is 6.08 Å². The van der Waals surface area contributed by atoms with E-state index in [-0.39, 0.29) is 12.4 Å². The van der Waals surface area contributed by atoms with Crippen molar-refractivity contribution in [2.75, 3.05) is 6.61 Å². The molecule has 0 saturated carbocycles. The Morgan fingerprint density at radius 2 is 2.55 bits per heavy atom. The summed E-state index contributed by atoms with van der Waals surface area (Å²) in [6.07, 6.45) is 5.41. The quantitative estimate of drug-likeness (QED) is 0.396. The minimum absolute atomic E-state index is 0. The summed E-state index contributed by atoms with van der Waals surface area (Å²) in [5, 5.41) is 0. The SMILES string of the molecule is C=CCOc1[nH]cc[n+]1C.[Cl-]. The number of aromatic nitrogens is 2. The maximum Gasteiger partial charge on any atom is 0.453 e. The molecule has 0 unspecified atom stereocenters. The third kappa shape index (κ3) is 2.63. The number of nitrogens with one attached hydrogen (secondary N) is 1. The second kappa shape index (κ2) is 4.79. The highest BCUT2D eigenvalue weighted by Gasteiger charge is 2.04. The molecule has 0 amide bonds. The van der Waals surface area contributed by atoms with Crippen molar-refractivity contribution in [1.82, 2.24) is 4.98 Å². The lowest BCUT2D eigenvalue weighted by Crippen LogP contribution is -3.00. The highest BCUT2D eigenvalue weighted by Crippen LogP contribution is 1.93. The van der Waals surface area contributed by atoms with Gasteiger partial charge in [-0.05, 0) is 0 Å². The highest BCUT2D eigenvalue weighted by atomic mass is 35.5. The van der Waals surface area contributed by atoms with Gasteiger partial charge in [0.2, 0.25) is 0 Å². The van der Waals surface area contributed by atoms with Crippen LogP contribution in [0.5, 0.6) is 6.01 Å². The van der Waals surface area contributed by atoms with E-state index in [4.69, 9.17) is 4.74 Å². The van der Waals surface area contributed by atoms with Crippen molar-refractivity contribution in [3.8, 4) is 6.01 Å². The molecule has 1 aromatic heterocycles. The molecule has 0 saturated heterocycles. The molecule has 1 N–H and O–H groups in total. The van der Waals surface area contributed by atoms with Crippen LogP contribution >= 0.6 is 0 Å². The predicted molar refractivity (Wildman–Crippen MR) is 37.7 cm³/mol. The summed E-state index contributed by atoms with van der Waals surface area (Å²) in [5.41, 5.74) is 0. The van der Waals surface area contributed by atoms with Crippen LogP contribution in [0.1, 0.15) is 0 Å². The molecule has 1 heterocycles. The van der Waals surface area contributed by atoms with Gasteiger partial charge in [-0.15, -0.1) is 0 Å². The third-order valence-electron chi connectivity index (χ3n) is 1.16. The number of hydrogen-bond acceptors (Lipinski definition) is 1. The summed E-state index contributed by atoms with van der Waals surface area (Å²) in [6.45, 7) is 4.08. The van der Waals surface area contributed by atoms with Crippen molar-refractivity contribution in [2.45, 2.75) is 0 Å². The summed E-state index contributed by atoms with van der Waals surface area (Å²) >= 11 is 0. The molecule has 0 atom stereocenters. The van der Waals surface area contributed by atoms with Crippen molar-refractivity contribution < 1.29 is 21.7 Å². The van der Waals surface area contributed by atoms with E-state index in [2.05, 4.69) is 11.6 Å². The van der Waals surface area contributed by atoms with E-state index in [1.807, 2.05) is 24.0 Å². The van der Waals surface area contributed by atoms with Crippen molar-refractivity contribution in [3.05, 3.63) is 25.0 Å². The average molecular weight is 175 g/mol. The predicted octanol–water partition coefficient (Wildman–Crippen LogP) is -2.59. The van der Waals surface area contributed by atoms with E-state index >= 15 is 0 Å². The van der Waals surface area contributed by atoms with Crippen LogP contribution in [0.15, 0.2) is 25.0 Å². The van der Waals surface area contributed by atoms with E-state index < -0.39 is 0 Å². The number of hydrogen-bond donors (Lipinski definition) is 1. The van der Waals surface area contributed by atoms with Crippen molar-refractivity contribution in [2.24, 2.45) is 7.05 Å². The Morgan fingerprint density at radius 1 is 1.82 bits per heavy atom. The second-order valence-corrected chi connectivity index (χ2v) is 1.98. The number of aromatic amines is 1. The van der Waals surface area contributed by atoms with Gasteiger partial charge in [0, 0.05) is 0 Å². The molecule has 0 aromatic carbocycles. The van der Waals surface area contributed by atoms with Gasteiger partial charge in [0.1, 0.15) is 19.0 Å². The molecule has 0 aliphatic carbocycles. The summed E-state index contributed by atoms with van der Waals surface area (Å²) < 4.78 is 7.08. The molecule has 62 valence electrons. The summed E-state index contributed by atoms with van der Waals surface area (Å²) in [5.74, 6) is 0. The number of aryl methyl sites for hydroxylation is 1. The molecule has 1 rings (SSSR count). The van der Waals surface area contributed by atoms with Gasteiger partial charge in [-0.3, -0.25) is 0 Å². The Labute approximate surface area is 72.1 Å². The van der Waals surface area contributed by atoms with Crippen molar-refractivity contribution in [3.63, 3.8) is 0 Å². The van der Waals surface area contributed by atoms with E-state index in [9.17, 15) is 0 Å². The molecule has 11 heavy (non-hydrogen) atoms. The van der Waals surface area contributed by atoms with E-state index in [0.717, 1.165) is 6.01 Å². The largest absolute Gasteiger partial charge is 1.00 e. The smallest absolute Gasteiger partial charge is 0.453 e. The zero-order valence-corrected chi connectivity index (χ0v) is 7.14. The van der Waals surface area contributed by atoms with Gasteiger partial charge in [-0.1, -0.05) is 12.7 Å². The van der Waals surface area contributed by atoms with Gasteiger partial charge in [-0.2, -0.15) is 0 Å². The molecule has 0 fully saturated rings. The summed E-state index contributed by atoms with van der Waals surface area (Å²) in [7, 11) is 1.91. The summed E-state index contributed by atoms with van der Waals surface area (Å²) in [6, 6.07) is 0.750. The normalized spacial score (nSPS) is 8.45. The monoisotopic (exact) mass is 174 g/mol.